The molecule has 0 aromatic heterocycles. The highest BCUT2D eigenvalue weighted by Gasteiger charge is 2.41. The van der Waals surface area contributed by atoms with Gasteiger partial charge in [-0.1, -0.05) is 30.3 Å². The molecule has 2 aliphatic heterocycles. The minimum atomic E-state index is -0.256. The summed E-state index contributed by atoms with van der Waals surface area (Å²) in [5.41, 5.74) is 1.70. The summed E-state index contributed by atoms with van der Waals surface area (Å²) in [6, 6.07) is 18.1. The SMILES string of the molecule is N#Cc1ccc2c(c1)OC1(CCN(Cc3ccccc3)CC1)CO2. The van der Waals surface area contributed by atoms with E-state index in [1.165, 1.54) is 5.56 Å². The minimum Gasteiger partial charge on any atom is -0.486 e. The van der Waals surface area contributed by atoms with Crippen molar-refractivity contribution in [2.75, 3.05) is 19.7 Å². The number of hydrogen-bond acceptors (Lipinski definition) is 4. The zero-order chi connectivity index (χ0) is 16.4. The molecular formula is C20H20N2O2. The van der Waals surface area contributed by atoms with E-state index >= 15 is 0 Å². The van der Waals surface area contributed by atoms with Crippen molar-refractivity contribution >= 4 is 0 Å². The van der Waals surface area contributed by atoms with Crippen molar-refractivity contribution in [3.05, 3.63) is 59.7 Å². The molecule has 2 aromatic rings. The Bertz CT molecular complexity index is 759. The highest BCUT2D eigenvalue weighted by atomic mass is 16.6. The first-order valence-corrected chi connectivity index (χ1v) is 8.39. The zero-order valence-electron chi connectivity index (χ0n) is 13.6. The van der Waals surface area contributed by atoms with Crippen molar-refractivity contribution in [1.82, 2.24) is 4.90 Å². The topological polar surface area (TPSA) is 45.5 Å². The highest BCUT2D eigenvalue weighted by molar-refractivity contribution is 5.48. The van der Waals surface area contributed by atoms with Crippen LogP contribution in [0.5, 0.6) is 11.5 Å². The molecule has 24 heavy (non-hydrogen) atoms. The van der Waals surface area contributed by atoms with Crippen LogP contribution in [0.15, 0.2) is 48.5 Å². The van der Waals surface area contributed by atoms with Crippen molar-refractivity contribution < 1.29 is 9.47 Å². The van der Waals surface area contributed by atoms with E-state index in [-0.39, 0.29) is 5.60 Å². The summed E-state index contributed by atoms with van der Waals surface area (Å²) in [5.74, 6) is 1.45. The van der Waals surface area contributed by atoms with Gasteiger partial charge in [0.2, 0.25) is 0 Å². The van der Waals surface area contributed by atoms with Crippen LogP contribution in [0.3, 0.4) is 0 Å². The van der Waals surface area contributed by atoms with E-state index in [0.717, 1.165) is 38.2 Å². The van der Waals surface area contributed by atoms with Crippen LogP contribution in [0, 0.1) is 11.3 Å². The molecule has 1 saturated heterocycles. The lowest BCUT2D eigenvalue weighted by Gasteiger charge is -2.44. The lowest BCUT2D eigenvalue weighted by atomic mass is 9.90. The first kappa shape index (κ1) is 15.0. The first-order chi connectivity index (χ1) is 11.8. The zero-order valence-corrected chi connectivity index (χ0v) is 13.6. The summed E-state index contributed by atoms with van der Waals surface area (Å²) < 4.78 is 12.2. The molecule has 0 saturated carbocycles. The number of ether oxygens (including phenoxy) is 2. The van der Waals surface area contributed by atoms with Gasteiger partial charge >= 0.3 is 0 Å². The van der Waals surface area contributed by atoms with E-state index in [1.54, 1.807) is 12.1 Å². The molecule has 1 spiro atoms. The minimum absolute atomic E-state index is 0.256. The monoisotopic (exact) mass is 320 g/mol. The van der Waals surface area contributed by atoms with E-state index in [9.17, 15) is 0 Å². The summed E-state index contributed by atoms with van der Waals surface area (Å²) in [7, 11) is 0. The molecule has 2 aromatic carbocycles. The van der Waals surface area contributed by atoms with E-state index in [2.05, 4.69) is 41.3 Å². The molecule has 0 amide bonds. The van der Waals surface area contributed by atoms with Crippen LogP contribution in [-0.2, 0) is 6.54 Å². The first-order valence-electron chi connectivity index (χ1n) is 8.39. The van der Waals surface area contributed by atoms with Crippen LogP contribution in [0.2, 0.25) is 0 Å². The van der Waals surface area contributed by atoms with Crippen LogP contribution in [0.25, 0.3) is 0 Å². The van der Waals surface area contributed by atoms with Gasteiger partial charge in [0, 0.05) is 38.5 Å². The molecule has 4 heteroatoms. The number of benzene rings is 2. The number of hydrogen-bond donors (Lipinski definition) is 0. The summed E-state index contributed by atoms with van der Waals surface area (Å²) in [6.45, 7) is 3.55. The molecule has 122 valence electrons. The van der Waals surface area contributed by atoms with Crippen LogP contribution >= 0.6 is 0 Å². The quantitative estimate of drug-likeness (QED) is 0.851. The van der Waals surface area contributed by atoms with Crippen LogP contribution < -0.4 is 9.47 Å². The number of nitrogens with zero attached hydrogens (tertiary/aromatic N) is 2. The smallest absolute Gasteiger partial charge is 0.163 e. The molecule has 2 aliphatic rings. The van der Waals surface area contributed by atoms with E-state index in [1.807, 2.05) is 6.07 Å². The van der Waals surface area contributed by atoms with Crippen molar-refractivity contribution in [1.29, 1.82) is 5.26 Å². The predicted molar refractivity (Wildman–Crippen MR) is 91.0 cm³/mol. The molecule has 4 nitrogen and oxygen atoms in total. The third kappa shape index (κ3) is 2.95. The molecule has 0 atom stereocenters. The van der Waals surface area contributed by atoms with Crippen molar-refractivity contribution in [2.45, 2.75) is 25.0 Å². The van der Waals surface area contributed by atoms with Gasteiger partial charge in [0.15, 0.2) is 11.5 Å². The van der Waals surface area contributed by atoms with E-state index < -0.39 is 0 Å². The lowest BCUT2D eigenvalue weighted by Crippen LogP contribution is -2.52. The Labute approximate surface area is 142 Å². The number of rotatable bonds is 2. The third-order valence-electron chi connectivity index (χ3n) is 4.91. The molecular weight excluding hydrogens is 300 g/mol. The molecule has 2 heterocycles. The molecule has 0 aliphatic carbocycles. The van der Waals surface area contributed by atoms with Gasteiger partial charge in [-0.2, -0.15) is 5.26 Å². The second kappa shape index (κ2) is 6.18. The largest absolute Gasteiger partial charge is 0.486 e. The second-order valence-corrected chi connectivity index (χ2v) is 6.61. The number of nitriles is 1. The maximum atomic E-state index is 9.06. The molecule has 1 fully saturated rings. The average Bonchev–Trinajstić information content (AvgIpc) is 2.64. The van der Waals surface area contributed by atoms with Gasteiger partial charge in [-0.25, -0.2) is 0 Å². The predicted octanol–water partition coefficient (Wildman–Crippen LogP) is 3.36. The van der Waals surface area contributed by atoms with Gasteiger partial charge in [-0.05, 0) is 17.7 Å². The van der Waals surface area contributed by atoms with Crippen molar-refractivity contribution in [2.24, 2.45) is 0 Å². The van der Waals surface area contributed by atoms with Crippen molar-refractivity contribution in [3.63, 3.8) is 0 Å². The fourth-order valence-electron chi connectivity index (χ4n) is 3.46. The van der Waals surface area contributed by atoms with Gasteiger partial charge in [0.25, 0.3) is 0 Å². The normalized spacial score (nSPS) is 19.0. The maximum absolute atomic E-state index is 9.06. The van der Waals surface area contributed by atoms with Crippen molar-refractivity contribution in [3.8, 4) is 17.6 Å². The van der Waals surface area contributed by atoms with Gasteiger partial charge in [-0.15, -0.1) is 0 Å². The molecule has 0 radical (unpaired) electrons. The molecule has 0 N–H and O–H groups in total. The van der Waals surface area contributed by atoms with Crippen LogP contribution in [-0.4, -0.2) is 30.2 Å². The molecule has 0 bridgehead atoms. The van der Waals surface area contributed by atoms with Crippen LogP contribution in [0.1, 0.15) is 24.0 Å². The fraction of sp³-hybridized carbons (Fsp3) is 0.350. The molecule has 4 rings (SSSR count). The summed E-state index contributed by atoms with van der Waals surface area (Å²) in [6.07, 6.45) is 1.88. The Hall–Kier alpha value is -2.51. The van der Waals surface area contributed by atoms with Gasteiger partial charge in [0.1, 0.15) is 12.2 Å². The second-order valence-electron chi connectivity index (χ2n) is 6.61. The van der Waals surface area contributed by atoms with Gasteiger partial charge < -0.3 is 9.47 Å². The molecule has 0 unspecified atom stereocenters. The van der Waals surface area contributed by atoms with Gasteiger partial charge in [-0.3, -0.25) is 4.90 Å². The van der Waals surface area contributed by atoms with Gasteiger partial charge in [0.05, 0.1) is 11.6 Å². The Kier molecular flexibility index (Phi) is 3.87. The summed E-state index contributed by atoms with van der Waals surface area (Å²) >= 11 is 0. The standard InChI is InChI=1S/C20H20N2O2/c21-13-17-6-7-18-19(12-17)24-20(15-23-18)8-10-22(11-9-20)14-16-4-2-1-3-5-16/h1-7,12H,8-11,14-15H2. The number of piperidine rings is 1. The highest BCUT2D eigenvalue weighted by Crippen LogP contribution is 2.40. The third-order valence-corrected chi connectivity index (χ3v) is 4.91. The Morgan fingerprint density at radius 2 is 1.83 bits per heavy atom. The fourth-order valence-corrected chi connectivity index (χ4v) is 3.46. The van der Waals surface area contributed by atoms with E-state index in [4.69, 9.17) is 14.7 Å². The van der Waals surface area contributed by atoms with Crippen LogP contribution in [0.4, 0.5) is 0 Å². The maximum Gasteiger partial charge on any atom is 0.163 e. The van der Waals surface area contributed by atoms with E-state index in [0.29, 0.717) is 17.9 Å². The summed E-state index contributed by atoms with van der Waals surface area (Å²) in [4.78, 5) is 2.46. The number of likely N-dealkylation sites (tertiary alicyclic amines) is 1. The summed E-state index contributed by atoms with van der Waals surface area (Å²) in [5, 5.41) is 9.06. The Balaban J connectivity index is 1.42. The Morgan fingerprint density at radius 1 is 1.04 bits per heavy atom. The number of fused-ring (bicyclic) bond motifs is 1. The Morgan fingerprint density at radius 3 is 2.58 bits per heavy atom. The lowest BCUT2D eigenvalue weighted by molar-refractivity contribution is -0.0534. The average molecular weight is 320 g/mol.